The summed E-state index contributed by atoms with van der Waals surface area (Å²) in [5.41, 5.74) is -0.873. The number of nitrogens with zero attached hydrogens (tertiary/aromatic N) is 1. The van der Waals surface area contributed by atoms with E-state index in [-0.39, 0.29) is 36.8 Å². The summed E-state index contributed by atoms with van der Waals surface area (Å²) in [6.45, 7) is 0.115. The monoisotopic (exact) mass is 370 g/mol. The normalized spacial score (nSPS) is 26.7. The Bertz CT molecular complexity index is 718. The van der Waals surface area contributed by atoms with E-state index in [9.17, 15) is 27.9 Å². The van der Waals surface area contributed by atoms with Gasteiger partial charge >= 0.3 is 12.1 Å². The number of carboxylic acid groups (broad SMARTS) is 1. The van der Waals surface area contributed by atoms with Crippen LogP contribution in [0.3, 0.4) is 0 Å². The van der Waals surface area contributed by atoms with Crippen molar-refractivity contribution in [1.82, 2.24) is 10.3 Å². The molecule has 1 aromatic heterocycles. The van der Waals surface area contributed by atoms with Crippen molar-refractivity contribution >= 4 is 11.9 Å². The summed E-state index contributed by atoms with van der Waals surface area (Å²) >= 11 is 0. The number of alkyl halides is 3. The van der Waals surface area contributed by atoms with Crippen LogP contribution in [-0.2, 0) is 15.8 Å². The lowest BCUT2D eigenvalue weighted by Crippen LogP contribution is -2.41. The molecule has 1 aromatic rings. The molecule has 26 heavy (non-hydrogen) atoms. The fraction of sp³-hybridized carbons (Fsp3) is 0.471. The van der Waals surface area contributed by atoms with E-state index in [0.717, 1.165) is 12.1 Å². The van der Waals surface area contributed by atoms with E-state index >= 15 is 0 Å². The van der Waals surface area contributed by atoms with Crippen LogP contribution in [0.1, 0.15) is 12.0 Å². The molecule has 1 heterocycles. The molecule has 2 bridgehead atoms. The number of halogens is 3. The van der Waals surface area contributed by atoms with Crippen LogP contribution in [0, 0.1) is 23.7 Å². The molecule has 1 amide bonds. The van der Waals surface area contributed by atoms with E-state index < -0.39 is 29.5 Å². The third kappa shape index (κ3) is 3.66. The Hall–Kier alpha value is -2.58. The topological polar surface area (TPSA) is 88.5 Å². The van der Waals surface area contributed by atoms with Gasteiger partial charge in [-0.3, -0.25) is 9.59 Å². The van der Waals surface area contributed by atoms with Gasteiger partial charge in [0.2, 0.25) is 11.8 Å². The van der Waals surface area contributed by atoms with Crippen LogP contribution >= 0.6 is 0 Å². The average molecular weight is 370 g/mol. The van der Waals surface area contributed by atoms with Gasteiger partial charge in [0.05, 0.1) is 23.9 Å². The van der Waals surface area contributed by atoms with Gasteiger partial charge in [-0.05, 0) is 24.3 Å². The molecule has 6 nitrogen and oxygen atoms in total. The summed E-state index contributed by atoms with van der Waals surface area (Å²) in [6.07, 6.45) is 0.618. The number of ether oxygens (including phenoxy) is 1. The third-order valence-electron chi connectivity index (χ3n) is 4.76. The fourth-order valence-corrected chi connectivity index (χ4v) is 3.60. The van der Waals surface area contributed by atoms with E-state index in [0.29, 0.717) is 12.6 Å². The Morgan fingerprint density at radius 1 is 1.23 bits per heavy atom. The molecule has 9 heteroatoms. The van der Waals surface area contributed by atoms with Crippen LogP contribution in [0.2, 0.25) is 0 Å². The standard InChI is InChI=1S/C17H17F3N2O4/c18-17(19,20)11-3-4-12(22-8-11)26-6-5-21-15(23)13-9-1-2-10(7-9)14(13)16(24)25/h1-4,8-10,13-14H,5-7H2,(H,21,23)(H,24,25). The predicted octanol–water partition coefficient (Wildman–Crippen LogP) is 2.12. The van der Waals surface area contributed by atoms with Crippen molar-refractivity contribution in [2.24, 2.45) is 23.7 Å². The first-order valence-electron chi connectivity index (χ1n) is 8.12. The molecule has 0 aliphatic heterocycles. The van der Waals surface area contributed by atoms with Gasteiger partial charge in [0, 0.05) is 12.3 Å². The Balaban J connectivity index is 1.47. The Kier molecular flexibility index (Phi) is 4.88. The molecule has 1 saturated carbocycles. The van der Waals surface area contributed by atoms with E-state index in [1.165, 1.54) is 0 Å². The lowest BCUT2D eigenvalue weighted by Gasteiger charge is -2.23. The second-order valence-electron chi connectivity index (χ2n) is 6.36. The quantitative estimate of drug-likeness (QED) is 0.592. The molecule has 0 radical (unpaired) electrons. The van der Waals surface area contributed by atoms with Gasteiger partial charge in [-0.25, -0.2) is 4.98 Å². The molecule has 4 atom stereocenters. The largest absolute Gasteiger partial charge is 0.481 e. The van der Waals surface area contributed by atoms with Crippen molar-refractivity contribution in [3.05, 3.63) is 36.0 Å². The number of carboxylic acids is 1. The maximum atomic E-state index is 12.4. The summed E-state index contributed by atoms with van der Waals surface area (Å²) in [6, 6.07) is 1.96. The molecule has 0 spiro atoms. The van der Waals surface area contributed by atoms with Gasteiger partial charge in [-0.2, -0.15) is 13.2 Å². The van der Waals surface area contributed by atoms with Crippen molar-refractivity contribution in [3.63, 3.8) is 0 Å². The Morgan fingerprint density at radius 3 is 2.50 bits per heavy atom. The first-order valence-corrected chi connectivity index (χ1v) is 8.12. The first-order chi connectivity index (χ1) is 12.3. The lowest BCUT2D eigenvalue weighted by molar-refractivity contribution is -0.147. The Labute approximate surface area is 147 Å². The van der Waals surface area contributed by atoms with Crippen molar-refractivity contribution in [2.75, 3.05) is 13.2 Å². The number of hydrogen-bond acceptors (Lipinski definition) is 4. The minimum atomic E-state index is -4.46. The van der Waals surface area contributed by atoms with Crippen LogP contribution < -0.4 is 10.1 Å². The van der Waals surface area contributed by atoms with Gasteiger partial charge in [0.1, 0.15) is 6.61 Å². The van der Waals surface area contributed by atoms with Crippen molar-refractivity contribution in [2.45, 2.75) is 12.6 Å². The van der Waals surface area contributed by atoms with Crippen molar-refractivity contribution < 1.29 is 32.6 Å². The highest BCUT2D eigenvalue weighted by atomic mass is 19.4. The maximum Gasteiger partial charge on any atom is 0.417 e. The minimum absolute atomic E-state index is 0.0124. The number of pyridine rings is 1. The second-order valence-corrected chi connectivity index (χ2v) is 6.36. The molecule has 0 aromatic carbocycles. The Morgan fingerprint density at radius 2 is 1.92 bits per heavy atom. The minimum Gasteiger partial charge on any atom is -0.481 e. The maximum absolute atomic E-state index is 12.4. The number of fused-ring (bicyclic) bond motifs is 2. The molecule has 1 fully saturated rings. The van der Waals surface area contributed by atoms with Crippen LogP contribution in [0.4, 0.5) is 13.2 Å². The zero-order chi connectivity index (χ0) is 18.9. The molecular formula is C17H17F3N2O4. The SMILES string of the molecule is O=C(O)C1C2C=CC(C2)C1C(=O)NCCOc1ccc(C(F)(F)F)cn1. The highest BCUT2D eigenvalue weighted by molar-refractivity contribution is 5.86. The smallest absolute Gasteiger partial charge is 0.417 e. The molecule has 3 rings (SSSR count). The number of allylic oxidation sites excluding steroid dienone is 2. The second kappa shape index (κ2) is 6.97. The van der Waals surface area contributed by atoms with Gasteiger partial charge in [-0.1, -0.05) is 12.2 Å². The number of amides is 1. The van der Waals surface area contributed by atoms with Crippen LogP contribution in [0.5, 0.6) is 5.88 Å². The molecule has 2 aliphatic carbocycles. The first kappa shape index (κ1) is 18.2. The van der Waals surface area contributed by atoms with Gasteiger partial charge < -0.3 is 15.2 Å². The average Bonchev–Trinajstić information content (AvgIpc) is 3.19. The number of carbonyl (C=O) groups excluding carboxylic acids is 1. The molecule has 2 aliphatic rings. The summed E-state index contributed by atoms with van der Waals surface area (Å²) in [5.74, 6) is -2.82. The highest BCUT2D eigenvalue weighted by Gasteiger charge is 2.51. The third-order valence-corrected chi connectivity index (χ3v) is 4.76. The van der Waals surface area contributed by atoms with Crippen molar-refractivity contribution in [1.29, 1.82) is 0 Å². The van der Waals surface area contributed by atoms with Gasteiger partial charge in [0.25, 0.3) is 0 Å². The molecule has 140 valence electrons. The summed E-state index contributed by atoms with van der Waals surface area (Å²) in [7, 11) is 0. The van der Waals surface area contributed by atoms with E-state index in [2.05, 4.69) is 10.3 Å². The number of aliphatic carboxylic acids is 1. The highest BCUT2D eigenvalue weighted by Crippen LogP contribution is 2.48. The molecule has 0 saturated heterocycles. The fourth-order valence-electron chi connectivity index (χ4n) is 3.60. The molecular weight excluding hydrogens is 353 g/mol. The number of carbonyl (C=O) groups is 2. The predicted molar refractivity (Wildman–Crippen MR) is 83.1 cm³/mol. The van der Waals surface area contributed by atoms with E-state index in [1.54, 1.807) is 0 Å². The lowest BCUT2D eigenvalue weighted by atomic mass is 9.82. The van der Waals surface area contributed by atoms with E-state index in [1.807, 2.05) is 12.2 Å². The van der Waals surface area contributed by atoms with Gasteiger partial charge in [0.15, 0.2) is 0 Å². The van der Waals surface area contributed by atoms with Gasteiger partial charge in [-0.15, -0.1) is 0 Å². The number of hydrogen-bond donors (Lipinski definition) is 2. The van der Waals surface area contributed by atoms with Crippen LogP contribution in [-0.4, -0.2) is 35.1 Å². The summed E-state index contributed by atoms with van der Waals surface area (Å²) in [4.78, 5) is 27.3. The molecule has 4 unspecified atom stereocenters. The van der Waals surface area contributed by atoms with Crippen LogP contribution in [0.25, 0.3) is 0 Å². The number of aromatic nitrogens is 1. The molecule has 2 N–H and O–H groups in total. The zero-order valence-electron chi connectivity index (χ0n) is 13.6. The zero-order valence-corrected chi connectivity index (χ0v) is 13.6. The van der Waals surface area contributed by atoms with Crippen molar-refractivity contribution in [3.8, 4) is 5.88 Å². The summed E-state index contributed by atoms with van der Waals surface area (Å²) < 4.78 is 42.5. The summed E-state index contributed by atoms with van der Waals surface area (Å²) in [5, 5.41) is 12.0. The number of rotatable bonds is 6. The number of nitrogens with one attached hydrogen (secondary N) is 1. The van der Waals surface area contributed by atoms with E-state index in [4.69, 9.17) is 4.74 Å². The van der Waals surface area contributed by atoms with Crippen LogP contribution in [0.15, 0.2) is 30.5 Å².